The van der Waals surface area contributed by atoms with E-state index in [1.165, 1.54) is 41.6 Å². The van der Waals surface area contributed by atoms with E-state index in [2.05, 4.69) is 30.9 Å². The highest BCUT2D eigenvalue weighted by Gasteiger charge is 2.16. The maximum Gasteiger partial charge on any atom is 0.303 e. The number of hydrogen-bond acceptors (Lipinski definition) is 2. The van der Waals surface area contributed by atoms with Gasteiger partial charge in [0.25, 0.3) is 0 Å². The third kappa shape index (κ3) is 3.99. The van der Waals surface area contributed by atoms with E-state index in [4.69, 9.17) is 5.11 Å². The molecule has 0 aromatic heterocycles. The summed E-state index contributed by atoms with van der Waals surface area (Å²) in [7, 11) is 0. The summed E-state index contributed by atoms with van der Waals surface area (Å²) in [4.78, 5) is 13.0. The Morgan fingerprint density at radius 3 is 2.52 bits per heavy atom. The van der Waals surface area contributed by atoms with Crippen molar-refractivity contribution in [3.63, 3.8) is 0 Å². The van der Waals surface area contributed by atoms with Crippen molar-refractivity contribution in [1.82, 2.24) is 0 Å². The van der Waals surface area contributed by atoms with E-state index in [9.17, 15) is 4.79 Å². The van der Waals surface area contributed by atoms with Gasteiger partial charge < -0.3 is 10.0 Å². The zero-order valence-electron chi connectivity index (χ0n) is 13.3. The molecule has 0 aliphatic heterocycles. The topological polar surface area (TPSA) is 40.5 Å². The number of benzene rings is 1. The lowest BCUT2D eigenvalue weighted by molar-refractivity contribution is -0.137. The Balaban J connectivity index is 2.08. The lowest BCUT2D eigenvalue weighted by atomic mass is 10.0. The number of unbranched alkanes of at least 4 members (excludes halogenated alkanes) is 1. The molecular formula is C18H27NO2. The third-order valence-corrected chi connectivity index (χ3v) is 4.47. The van der Waals surface area contributed by atoms with Crippen molar-refractivity contribution in [2.45, 2.75) is 58.8 Å². The highest BCUT2D eigenvalue weighted by Crippen LogP contribution is 2.31. The molecule has 3 nitrogen and oxygen atoms in total. The van der Waals surface area contributed by atoms with Crippen molar-refractivity contribution in [2.24, 2.45) is 0 Å². The van der Waals surface area contributed by atoms with E-state index < -0.39 is 5.97 Å². The van der Waals surface area contributed by atoms with Gasteiger partial charge in [0.1, 0.15) is 0 Å². The smallest absolute Gasteiger partial charge is 0.303 e. The van der Waals surface area contributed by atoms with E-state index in [1.807, 2.05) is 0 Å². The van der Waals surface area contributed by atoms with Gasteiger partial charge in [0.15, 0.2) is 0 Å². The predicted molar refractivity (Wildman–Crippen MR) is 87.2 cm³/mol. The molecule has 0 unspecified atom stereocenters. The van der Waals surface area contributed by atoms with E-state index in [-0.39, 0.29) is 6.42 Å². The summed E-state index contributed by atoms with van der Waals surface area (Å²) in [5, 5.41) is 8.73. The van der Waals surface area contributed by atoms with Crippen LogP contribution in [-0.4, -0.2) is 24.2 Å². The summed E-state index contributed by atoms with van der Waals surface area (Å²) in [6, 6.07) is 4.79. The Bertz CT molecular complexity index is 496. The zero-order chi connectivity index (χ0) is 15.2. The average Bonchev–Trinajstić information content (AvgIpc) is 2.93. The molecule has 1 aromatic carbocycles. The average molecular weight is 289 g/mol. The minimum Gasteiger partial charge on any atom is -0.481 e. The Hall–Kier alpha value is -1.51. The lowest BCUT2D eigenvalue weighted by Gasteiger charge is -2.26. The van der Waals surface area contributed by atoms with E-state index in [1.54, 1.807) is 0 Å². The molecule has 2 rings (SSSR count). The largest absolute Gasteiger partial charge is 0.481 e. The maximum absolute atomic E-state index is 10.6. The summed E-state index contributed by atoms with van der Waals surface area (Å²) in [5.74, 6) is -0.690. The summed E-state index contributed by atoms with van der Waals surface area (Å²) in [6.45, 7) is 6.34. The first-order valence-electron chi connectivity index (χ1n) is 8.27. The van der Waals surface area contributed by atoms with E-state index in [0.29, 0.717) is 0 Å². The second-order valence-corrected chi connectivity index (χ2v) is 5.89. The van der Waals surface area contributed by atoms with Crippen LogP contribution in [0, 0.1) is 0 Å². The number of carbonyl (C=O) groups is 1. The van der Waals surface area contributed by atoms with Crippen LogP contribution in [0.4, 0.5) is 5.69 Å². The van der Waals surface area contributed by atoms with Gasteiger partial charge in [-0.1, -0.05) is 13.0 Å². The molecule has 0 saturated carbocycles. The molecule has 0 bridgehead atoms. The first kappa shape index (κ1) is 15.9. The maximum atomic E-state index is 10.6. The minimum atomic E-state index is -0.690. The standard InChI is InChI=1S/C18H27NO2/c1-3-14-12-15-8-7-9-16(15)13-17(14)19(4-2)11-6-5-10-18(20)21/h12-13H,3-11H2,1-2H3,(H,20,21). The van der Waals surface area contributed by atoms with Crippen molar-refractivity contribution >= 4 is 11.7 Å². The third-order valence-electron chi connectivity index (χ3n) is 4.47. The van der Waals surface area contributed by atoms with Gasteiger partial charge in [0.2, 0.25) is 0 Å². The molecule has 0 spiro atoms. The van der Waals surface area contributed by atoms with E-state index in [0.717, 1.165) is 32.4 Å². The van der Waals surface area contributed by atoms with Crippen LogP contribution in [0.3, 0.4) is 0 Å². The first-order chi connectivity index (χ1) is 10.2. The Labute approximate surface area is 128 Å². The summed E-state index contributed by atoms with van der Waals surface area (Å²) in [6.07, 6.45) is 6.78. The highest BCUT2D eigenvalue weighted by atomic mass is 16.4. The molecule has 0 saturated heterocycles. The molecule has 1 aromatic rings. The van der Waals surface area contributed by atoms with Gasteiger partial charge in [-0.25, -0.2) is 0 Å². The number of carboxylic acid groups (broad SMARTS) is 1. The van der Waals surface area contributed by atoms with Crippen molar-refractivity contribution < 1.29 is 9.90 Å². The minimum absolute atomic E-state index is 0.280. The zero-order valence-corrected chi connectivity index (χ0v) is 13.3. The molecule has 0 radical (unpaired) electrons. The van der Waals surface area contributed by atoms with Gasteiger partial charge in [-0.05, 0) is 68.2 Å². The van der Waals surface area contributed by atoms with Crippen LogP contribution in [-0.2, 0) is 24.1 Å². The molecule has 3 heteroatoms. The fourth-order valence-corrected chi connectivity index (χ4v) is 3.27. The number of hydrogen-bond donors (Lipinski definition) is 1. The van der Waals surface area contributed by atoms with Gasteiger partial charge in [-0.2, -0.15) is 0 Å². The van der Waals surface area contributed by atoms with Gasteiger partial charge in [0, 0.05) is 25.2 Å². The summed E-state index contributed by atoms with van der Waals surface area (Å²) in [5.41, 5.74) is 5.87. The second kappa shape index (κ2) is 7.48. The van der Waals surface area contributed by atoms with Crippen LogP contribution in [0.15, 0.2) is 12.1 Å². The summed E-state index contributed by atoms with van der Waals surface area (Å²) >= 11 is 0. The van der Waals surface area contributed by atoms with Gasteiger partial charge in [0.05, 0.1) is 0 Å². The van der Waals surface area contributed by atoms with Crippen molar-refractivity contribution in [3.8, 4) is 0 Å². The lowest BCUT2D eigenvalue weighted by Crippen LogP contribution is -2.25. The number of nitrogens with zero attached hydrogens (tertiary/aromatic N) is 1. The van der Waals surface area contributed by atoms with Crippen LogP contribution >= 0.6 is 0 Å². The quantitative estimate of drug-likeness (QED) is 0.740. The van der Waals surface area contributed by atoms with Gasteiger partial charge >= 0.3 is 5.97 Å². The molecule has 1 aliphatic carbocycles. The second-order valence-electron chi connectivity index (χ2n) is 5.89. The van der Waals surface area contributed by atoms with Gasteiger partial charge in [-0.3, -0.25) is 4.79 Å². The Morgan fingerprint density at radius 2 is 1.90 bits per heavy atom. The number of anilines is 1. The Morgan fingerprint density at radius 1 is 1.19 bits per heavy atom. The number of aliphatic carboxylic acids is 1. The molecule has 0 fully saturated rings. The highest BCUT2D eigenvalue weighted by molar-refractivity contribution is 5.66. The molecule has 1 N–H and O–H groups in total. The molecule has 116 valence electrons. The van der Waals surface area contributed by atoms with Crippen molar-refractivity contribution in [2.75, 3.05) is 18.0 Å². The molecule has 0 atom stereocenters. The molecule has 21 heavy (non-hydrogen) atoms. The van der Waals surface area contributed by atoms with E-state index >= 15 is 0 Å². The number of aryl methyl sites for hydroxylation is 3. The normalized spacial score (nSPS) is 13.2. The SMILES string of the molecule is CCc1cc2c(cc1N(CC)CCCCC(=O)O)CCC2. The van der Waals surface area contributed by atoms with Crippen molar-refractivity contribution in [1.29, 1.82) is 0 Å². The molecule has 0 heterocycles. The summed E-state index contributed by atoms with van der Waals surface area (Å²) < 4.78 is 0. The van der Waals surface area contributed by atoms with Crippen LogP contribution in [0.25, 0.3) is 0 Å². The molecule has 1 aliphatic rings. The fourth-order valence-electron chi connectivity index (χ4n) is 3.27. The number of fused-ring (bicyclic) bond motifs is 1. The fraction of sp³-hybridized carbons (Fsp3) is 0.611. The van der Waals surface area contributed by atoms with Crippen molar-refractivity contribution in [3.05, 3.63) is 28.8 Å². The first-order valence-corrected chi connectivity index (χ1v) is 8.27. The molecule has 0 amide bonds. The van der Waals surface area contributed by atoms with Crippen LogP contribution < -0.4 is 4.90 Å². The van der Waals surface area contributed by atoms with Gasteiger partial charge in [-0.15, -0.1) is 0 Å². The number of carboxylic acids is 1. The Kier molecular flexibility index (Phi) is 5.66. The molecular weight excluding hydrogens is 262 g/mol. The number of rotatable bonds is 8. The van der Waals surface area contributed by atoms with Crippen LogP contribution in [0.2, 0.25) is 0 Å². The monoisotopic (exact) mass is 289 g/mol. The van der Waals surface area contributed by atoms with Crippen LogP contribution in [0.5, 0.6) is 0 Å². The predicted octanol–water partition coefficient (Wildman–Crippen LogP) is 3.82. The van der Waals surface area contributed by atoms with Crippen LogP contribution in [0.1, 0.15) is 56.2 Å².